The van der Waals surface area contributed by atoms with E-state index in [2.05, 4.69) is 88.2 Å². The van der Waals surface area contributed by atoms with Gasteiger partial charge in [-0.3, -0.25) is 24.8 Å². The summed E-state index contributed by atoms with van der Waals surface area (Å²) in [6.07, 6.45) is 5.29. The highest BCUT2D eigenvalue weighted by molar-refractivity contribution is 6.32. The van der Waals surface area contributed by atoms with Crippen LogP contribution in [0, 0.1) is 19.3 Å². The van der Waals surface area contributed by atoms with Crippen LogP contribution in [0.25, 0.3) is 22.3 Å². The van der Waals surface area contributed by atoms with Crippen molar-refractivity contribution in [2.45, 2.75) is 65.5 Å². The Morgan fingerprint density at radius 3 is 2.25 bits per heavy atom. The Hall–Kier alpha value is -5.46. The van der Waals surface area contributed by atoms with Gasteiger partial charge in [-0.25, -0.2) is 0 Å². The number of aliphatic carboxylic acids is 1. The van der Waals surface area contributed by atoms with E-state index < -0.39 is 18.1 Å². The highest BCUT2D eigenvalue weighted by Gasteiger charge is 2.47. The monoisotopic (exact) mass is 817 g/mol. The molecule has 0 bridgehead atoms. The smallest absolute Gasteiger partial charge is 0.326 e. The number of benzene rings is 4. The summed E-state index contributed by atoms with van der Waals surface area (Å²) in [5.74, 6) is -0.0895. The molecule has 0 radical (unpaired) electrons. The molecule has 2 aliphatic heterocycles. The lowest BCUT2D eigenvalue weighted by Crippen LogP contribution is -2.62. The quantitative estimate of drug-likeness (QED) is 0.0635. The number of aromatic nitrogens is 1. The molecule has 1 aromatic heterocycles. The van der Waals surface area contributed by atoms with Crippen molar-refractivity contribution in [2.24, 2.45) is 5.41 Å². The van der Waals surface area contributed by atoms with Crippen molar-refractivity contribution in [3.8, 4) is 33.8 Å². The van der Waals surface area contributed by atoms with Crippen LogP contribution in [0.2, 0.25) is 5.02 Å². The number of carboxylic acid groups (broad SMARTS) is 1. The Balaban J connectivity index is 1.07. The van der Waals surface area contributed by atoms with Crippen molar-refractivity contribution >= 4 is 29.2 Å². The Bertz CT molecular complexity index is 2330. The number of carboxylic acids is 1. The van der Waals surface area contributed by atoms with Crippen LogP contribution in [0.1, 0.15) is 53.1 Å². The van der Waals surface area contributed by atoms with Crippen LogP contribution in [0.3, 0.4) is 0 Å². The van der Waals surface area contributed by atoms with Gasteiger partial charge in [0, 0.05) is 56.3 Å². The Kier molecular flexibility index (Phi) is 12.6. The van der Waals surface area contributed by atoms with Crippen LogP contribution in [0.5, 0.6) is 11.5 Å². The van der Waals surface area contributed by atoms with Gasteiger partial charge in [0.25, 0.3) is 0 Å². The van der Waals surface area contributed by atoms with Crippen LogP contribution in [-0.4, -0.2) is 70.8 Å². The molecular formula is C47H52ClN5O6. The molecule has 3 heterocycles. The number of aliphatic hydroxyl groups excluding tert-OH is 1. The molecule has 1 spiro atoms. The lowest BCUT2D eigenvalue weighted by molar-refractivity contribution is -0.146. The molecule has 0 saturated carbocycles. The second-order valence-corrected chi connectivity index (χ2v) is 16.4. The maximum atomic E-state index is 12.1. The maximum absolute atomic E-state index is 12.1. The summed E-state index contributed by atoms with van der Waals surface area (Å²) in [6.45, 7) is 9.19. The van der Waals surface area contributed by atoms with Gasteiger partial charge in [0.05, 0.1) is 22.7 Å². The number of likely N-dealkylation sites (tertiary alicyclic amines) is 1. The second-order valence-electron chi connectivity index (χ2n) is 16.0. The Labute approximate surface area is 350 Å². The number of anilines is 1. The Morgan fingerprint density at radius 2 is 1.59 bits per heavy atom. The van der Waals surface area contributed by atoms with E-state index >= 15 is 0 Å². The number of nitrogens with zero attached hydrogens (tertiary/aromatic N) is 2. The Morgan fingerprint density at radius 1 is 0.898 bits per heavy atom. The standard InChI is InChI=1S/C47H52ClN5O6/c1-30-35(27-59-43-21-42(58-26-33-19-37(49-4)24-50-22-33)36(20-41(43)48)23-52-46(3,29-54)45(56)57)7-5-9-39(30)40-10-6-8-38(31(40)2)34-13-11-32(12-14-34)25-53-17-15-47(16-18-53)28-51-44(47)55/h5-14,19-22,24,49,52,54H,15-18,23,25-29H2,1-4H3,(H,51,55)(H,56,57)/t46-/m0/s1. The lowest BCUT2D eigenvalue weighted by Gasteiger charge is -2.46. The first-order valence-electron chi connectivity index (χ1n) is 20.0. The third-order valence-corrected chi connectivity index (χ3v) is 12.4. The zero-order valence-electron chi connectivity index (χ0n) is 34.0. The number of piperidine rings is 1. The van der Waals surface area contributed by atoms with Gasteiger partial charge >= 0.3 is 5.97 Å². The van der Waals surface area contributed by atoms with Crippen molar-refractivity contribution in [2.75, 3.05) is 38.6 Å². The number of pyridine rings is 1. The molecule has 5 N–H and O–H groups in total. The summed E-state index contributed by atoms with van der Waals surface area (Å²) in [5, 5.41) is 28.8. The number of ether oxygens (including phenoxy) is 2. The van der Waals surface area contributed by atoms with Crippen LogP contribution in [0.4, 0.5) is 5.69 Å². The summed E-state index contributed by atoms with van der Waals surface area (Å²) in [5.41, 5.74) is 9.73. The fraction of sp³-hybridized carbons (Fsp3) is 0.340. The van der Waals surface area contributed by atoms with Gasteiger partial charge in [0.2, 0.25) is 5.91 Å². The van der Waals surface area contributed by atoms with E-state index in [-0.39, 0.29) is 31.1 Å². The van der Waals surface area contributed by atoms with Gasteiger partial charge in [-0.05, 0) is 103 Å². The predicted octanol–water partition coefficient (Wildman–Crippen LogP) is 7.52. The third-order valence-electron chi connectivity index (χ3n) is 12.1. The van der Waals surface area contributed by atoms with E-state index in [9.17, 15) is 19.8 Å². The average molecular weight is 818 g/mol. The number of β-lactam (4-membered cyclic amide) rings is 1. The van der Waals surface area contributed by atoms with Crippen LogP contribution >= 0.6 is 11.6 Å². The summed E-state index contributed by atoms with van der Waals surface area (Å²) in [4.78, 5) is 30.7. The lowest BCUT2D eigenvalue weighted by atomic mass is 9.72. The highest BCUT2D eigenvalue weighted by Crippen LogP contribution is 2.39. The minimum absolute atomic E-state index is 0.0681. The number of nitrogens with one attached hydrogen (secondary N) is 3. The second kappa shape index (κ2) is 17.8. The zero-order valence-corrected chi connectivity index (χ0v) is 34.8. The van der Waals surface area contributed by atoms with Crippen molar-refractivity contribution < 1.29 is 29.3 Å². The number of carbonyl (C=O) groups excluding carboxylic acids is 1. The molecule has 11 nitrogen and oxygen atoms in total. The first-order chi connectivity index (χ1) is 28.4. The first kappa shape index (κ1) is 41.7. The number of aliphatic hydroxyl groups is 1. The van der Waals surface area contributed by atoms with E-state index in [0.29, 0.717) is 22.1 Å². The molecule has 7 rings (SSSR count). The summed E-state index contributed by atoms with van der Waals surface area (Å²) in [7, 11) is 1.81. The van der Waals surface area contributed by atoms with Gasteiger partial charge in [-0.1, -0.05) is 72.3 Å². The van der Waals surface area contributed by atoms with Crippen LogP contribution < -0.4 is 25.4 Å². The molecule has 5 aromatic rings. The van der Waals surface area contributed by atoms with Crippen molar-refractivity contribution in [3.63, 3.8) is 0 Å². The van der Waals surface area contributed by atoms with Crippen LogP contribution in [-0.2, 0) is 35.9 Å². The fourth-order valence-corrected chi connectivity index (χ4v) is 8.08. The predicted molar refractivity (Wildman–Crippen MR) is 231 cm³/mol. The molecule has 4 aromatic carbocycles. The van der Waals surface area contributed by atoms with E-state index in [1.54, 1.807) is 24.5 Å². The van der Waals surface area contributed by atoms with E-state index in [1.165, 1.54) is 23.6 Å². The third kappa shape index (κ3) is 9.08. The number of rotatable bonds is 16. The summed E-state index contributed by atoms with van der Waals surface area (Å²) >= 11 is 6.81. The minimum Gasteiger partial charge on any atom is -0.488 e. The SMILES string of the molecule is CNc1cncc(COc2cc(OCc3cccc(-c4cccc(-c5ccc(CN6CCC7(CC6)CNC7=O)cc5)c4C)c3C)c(Cl)cc2CN[C@@](C)(CO)C(=O)O)c1. The number of hydrogen-bond donors (Lipinski definition) is 5. The number of halogens is 1. The fourth-order valence-electron chi connectivity index (χ4n) is 7.84. The summed E-state index contributed by atoms with van der Waals surface area (Å²) < 4.78 is 12.7. The molecule has 0 unspecified atom stereocenters. The molecule has 1 amide bonds. The van der Waals surface area contributed by atoms with Gasteiger partial charge in [-0.2, -0.15) is 0 Å². The molecule has 59 heavy (non-hydrogen) atoms. The zero-order chi connectivity index (χ0) is 41.7. The molecule has 2 saturated heterocycles. The number of carbonyl (C=O) groups is 2. The molecule has 2 fully saturated rings. The molecule has 0 aliphatic carbocycles. The molecular weight excluding hydrogens is 766 g/mol. The van der Waals surface area contributed by atoms with Crippen molar-refractivity contribution in [1.29, 1.82) is 0 Å². The van der Waals surface area contributed by atoms with E-state index in [4.69, 9.17) is 21.1 Å². The molecule has 12 heteroatoms. The van der Waals surface area contributed by atoms with Crippen molar-refractivity contribution in [1.82, 2.24) is 20.5 Å². The maximum Gasteiger partial charge on any atom is 0.326 e. The molecule has 1 atom stereocenters. The van der Waals surface area contributed by atoms with Gasteiger partial charge < -0.3 is 30.3 Å². The number of hydrogen-bond acceptors (Lipinski definition) is 9. The van der Waals surface area contributed by atoms with Gasteiger partial charge in [0.15, 0.2) is 0 Å². The number of amides is 1. The largest absolute Gasteiger partial charge is 0.488 e. The molecule has 2 aliphatic rings. The average Bonchev–Trinajstić information content (AvgIpc) is 3.25. The van der Waals surface area contributed by atoms with E-state index in [0.717, 1.165) is 78.1 Å². The van der Waals surface area contributed by atoms with E-state index in [1.807, 2.05) is 25.2 Å². The van der Waals surface area contributed by atoms with Crippen LogP contribution in [0.15, 0.2) is 91.3 Å². The first-order valence-corrected chi connectivity index (χ1v) is 20.4. The van der Waals surface area contributed by atoms with Crippen molar-refractivity contribution in [3.05, 3.63) is 130 Å². The minimum atomic E-state index is -1.56. The summed E-state index contributed by atoms with van der Waals surface area (Å²) in [6, 6.07) is 26.9. The normalized spacial score (nSPS) is 15.9. The highest BCUT2D eigenvalue weighted by atomic mass is 35.5. The van der Waals surface area contributed by atoms with Gasteiger partial charge in [-0.15, -0.1) is 0 Å². The van der Waals surface area contributed by atoms with Gasteiger partial charge in [0.1, 0.15) is 30.3 Å². The molecule has 308 valence electrons. The topological polar surface area (TPSA) is 145 Å².